The van der Waals surface area contributed by atoms with Gasteiger partial charge in [0.05, 0.1) is 12.0 Å². The molecule has 1 atom stereocenters. The largest absolute Gasteiger partial charge is 0.198 e. The molecule has 0 aliphatic heterocycles. The summed E-state index contributed by atoms with van der Waals surface area (Å²) in [6, 6.07) is 2.16. The first-order valence-corrected chi connectivity index (χ1v) is 3.87. The normalized spacial score (nSPS) is 13.3. The van der Waals surface area contributed by atoms with Crippen molar-refractivity contribution >= 4 is 0 Å². The van der Waals surface area contributed by atoms with Crippen molar-refractivity contribution in [2.24, 2.45) is 5.92 Å². The van der Waals surface area contributed by atoms with E-state index in [1.807, 2.05) is 13.0 Å². The predicted octanol–water partition coefficient (Wildman–Crippen LogP) is 2.89. The first kappa shape index (κ1) is 9.23. The van der Waals surface area contributed by atoms with E-state index in [-0.39, 0.29) is 5.92 Å². The van der Waals surface area contributed by atoms with Crippen molar-refractivity contribution in [3.05, 3.63) is 12.2 Å². The maximum absolute atomic E-state index is 8.39. The number of unbranched alkanes of at least 4 members (excludes halogenated alkanes) is 2. The molecule has 0 amide bonds. The Kier molecular flexibility index (Phi) is 5.86. The number of hydrogen-bond acceptors (Lipinski definition) is 1. The van der Waals surface area contributed by atoms with E-state index in [2.05, 4.69) is 19.1 Å². The molecule has 0 saturated heterocycles. The predicted molar refractivity (Wildman–Crippen MR) is 43.4 cm³/mol. The van der Waals surface area contributed by atoms with Crippen LogP contribution in [-0.2, 0) is 0 Å². The van der Waals surface area contributed by atoms with Gasteiger partial charge in [-0.15, -0.1) is 0 Å². The number of allylic oxidation sites excluding steroid dienone is 2. The summed E-state index contributed by atoms with van der Waals surface area (Å²) in [4.78, 5) is 0. The third-order valence-corrected chi connectivity index (χ3v) is 1.35. The fourth-order valence-electron chi connectivity index (χ4n) is 0.665. The Labute approximate surface area is 63.4 Å². The van der Waals surface area contributed by atoms with Crippen LogP contribution in [0.5, 0.6) is 0 Å². The van der Waals surface area contributed by atoms with Crippen molar-refractivity contribution in [3.8, 4) is 6.07 Å². The highest BCUT2D eigenvalue weighted by Crippen LogP contribution is 1.99. The lowest BCUT2D eigenvalue weighted by atomic mass is 10.1. The summed E-state index contributed by atoms with van der Waals surface area (Å²) in [5.74, 6) is 0.0804. The monoisotopic (exact) mass is 137 g/mol. The Morgan fingerprint density at radius 2 is 2.30 bits per heavy atom. The number of nitriles is 1. The van der Waals surface area contributed by atoms with Gasteiger partial charge in [-0.1, -0.05) is 31.9 Å². The Balaban J connectivity index is 3.29. The van der Waals surface area contributed by atoms with Gasteiger partial charge >= 0.3 is 0 Å². The maximum Gasteiger partial charge on any atom is 0.0694 e. The molecule has 0 aliphatic rings. The SMILES string of the molecule is CCCC/C=C\C(C)C#N. The highest BCUT2D eigenvalue weighted by molar-refractivity contribution is 4.97. The average Bonchev–Trinajstić information content (AvgIpc) is 1.98. The van der Waals surface area contributed by atoms with Gasteiger partial charge in [-0.2, -0.15) is 5.26 Å². The molecule has 0 spiro atoms. The Bertz CT molecular complexity index is 130. The summed E-state index contributed by atoms with van der Waals surface area (Å²) in [6.45, 7) is 4.07. The van der Waals surface area contributed by atoms with Gasteiger partial charge in [0.1, 0.15) is 0 Å². The Morgan fingerprint density at radius 3 is 2.80 bits per heavy atom. The summed E-state index contributed by atoms with van der Waals surface area (Å²) < 4.78 is 0. The van der Waals surface area contributed by atoms with Gasteiger partial charge in [-0.25, -0.2) is 0 Å². The molecule has 0 aromatic heterocycles. The molecule has 0 bridgehead atoms. The van der Waals surface area contributed by atoms with Gasteiger partial charge in [0.2, 0.25) is 0 Å². The van der Waals surface area contributed by atoms with Crippen LogP contribution in [0.1, 0.15) is 33.1 Å². The van der Waals surface area contributed by atoms with Crippen LogP contribution >= 0.6 is 0 Å². The first-order chi connectivity index (χ1) is 4.81. The number of hydrogen-bond donors (Lipinski definition) is 0. The summed E-state index contributed by atoms with van der Waals surface area (Å²) in [5.41, 5.74) is 0. The lowest BCUT2D eigenvalue weighted by molar-refractivity contribution is 0.807. The molecule has 0 aromatic carbocycles. The number of nitrogens with zero attached hydrogens (tertiary/aromatic N) is 1. The van der Waals surface area contributed by atoms with Crippen molar-refractivity contribution in [1.82, 2.24) is 0 Å². The molecule has 56 valence electrons. The molecular weight excluding hydrogens is 122 g/mol. The third kappa shape index (κ3) is 5.37. The van der Waals surface area contributed by atoms with Gasteiger partial charge < -0.3 is 0 Å². The molecule has 0 rings (SSSR count). The van der Waals surface area contributed by atoms with E-state index in [0.29, 0.717) is 0 Å². The summed E-state index contributed by atoms with van der Waals surface area (Å²) >= 11 is 0. The van der Waals surface area contributed by atoms with E-state index in [9.17, 15) is 0 Å². The summed E-state index contributed by atoms with van der Waals surface area (Å²) in [5, 5.41) is 8.39. The van der Waals surface area contributed by atoms with Crippen molar-refractivity contribution in [3.63, 3.8) is 0 Å². The quantitative estimate of drug-likeness (QED) is 0.431. The second kappa shape index (κ2) is 6.35. The van der Waals surface area contributed by atoms with E-state index >= 15 is 0 Å². The second-order valence-electron chi connectivity index (χ2n) is 2.49. The van der Waals surface area contributed by atoms with Gasteiger partial charge in [0, 0.05) is 0 Å². The van der Waals surface area contributed by atoms with Crippen LogP contribution in [0.2, 0.25) is 0 Å². The zero-order valence-corrected chi connectivity index (χ0v) is 6.80. The molecule has 0 fully saturated rings. The first-order valence-electron chi connectivity index (χ1n) is 3.87. The van der Waals surface area contributed by atoms with E-state index in [0.717, 1.165) is 6.42 Å². The average molecular weight is 137 g/mol. The molecule has 0 aliphatic carbocycles. The van der Waals surface area contributed by atoms with Crippen LogP contribution in [-0.4, -0.2) is 0 Å². The minimum Gasteiger partial charge on any atom is -0.198 e. The molecule has 1 nitrogen and oxygen atoms in total. The molecular formula is C9H15N. The summed E-state index contributed by atoms with van der Waals surface area (Å²) in [7, 11) is 0. The lowest BCUT2D eigenvalue weighted by Crippen LogP contribution is -1.80. The van der Waals surface area contributed by atoms with Crippen LogP contribution in [0.25, 0.3) is 0 Å². The molecule has 0 saturated carbocycles. The van der Waals surface area contributed by atoms with Crippen LogP contribution < -0.4 is 0 Å². The van der Waals surface area contributed by atoms with E-state index in [4.69, 9.17) is 5.26 Å². The van der Waals surface area contributed by atoms with Crippen LogP contribution in [0.4, 0.5) is 0 Å². The molecule has 0 N–H and O–H groups in total. The van der Waals surface area contributed by atoms with Crippen LogP contribution in [0, 0.1) is 17.2 Å². The van der Waals surface area contributed by atoms with Crippen molar-refractivity contribution in [2.45, 2.75) is 33.1 Å². The minimum absolute atomic E-state index is 0.0804. The molecule has 0 aromatic rings. The molecule has 1 heteroatoms. The van der Waals surface area contributed by atoms with E-state index in [1.165, 1.54) is 12.8 Å². The van der Waals surface area contributed by atoms with E-state index < -0.39 is 0 Å². The zero-order chi connectivity index (χ0) is 7.82. The molecule has 1 unspecified atom stereocenters. The van der Waals surface area contributed by atoms with Gasteiger partial charge in [0.15, 0.2) is 0 Å². The highest BCUT2D eigenvalue weighted by Gasteiger charge is 1.88. The molecule has 10 heavy (non-hydrogen) atoms. The Hall–Kier alpha value is -0.770. The smallest absolute Gasteiger partial charge is 0.0694 e. The second-order valence-corrected chi connectivity index (χ2v) is 2.49. The summed E-state index contributed by atoms with van der Waals surface area (Å²) in [6.07, 6.45) is 7.63. The van der Waals surface area contributed by atoms with Crippen LogP contribution in [0.15, 0.2) is 12.2 Å². The zero-order valence-electron chi connectivity index (χ0n) is 6.80. The third-order valence-electron chi connectivity index (χ3n) is 1.35. The minimum atomic E-state index is 0.0804. The maximum atomic E-state index is 8.39. The van der Waals surface area contributed by atoms with Crippen molar-refractivity contribution in [2.75, 3.05) is 0 Å². The van der Waals surface area contributed by atoms with Gasteiger partial charge in [-0.05, 0) is 13.3 Å². The Morgan fingerprint density at radius 1 is 1.60 bits per heavy atom. The fourth-order valence-corrected chi connectivity index (χ4v) is 0.665. The standard InChI is InChI=1S/C9H15N/c1-3-4-5-6-7-9(2)8-10/h6-7,9H,3-5H2,1-2H3/b7-6-. The number of rotatable bonds is 4. The topological polar surface area (TPSA) is 23.8 Å². The van der Waals surface area contributed by atoms with Crippen LogP contribution in [0.3, 0.4) is 0 Å². The molecule has 0 heterocycles. The van der Waals surface area contributed by atoms with Crippen molar-refractivity contribution in [1.29, 1.82) is 5.26 Å². The lowest BCUT2D eigenvalue weighted by Gasteiger charge is -1.90. The highest BCUT2D eigenvalue weighted by atomic mass is 14.2. The fraction of sp³-hybridized carbons (Fsp3) is 0.667. The van der Waals surface area contributed by atoms with Gasteiger partial charge in [-0.3, -0.25) is 0 Å². The van der Waals surface area contributed by atoms with Gasteiger partial charge in [0.25, 0.3) is 0 Å². The van der Waals surface area contributed by atoms with Crippen molar-refractivity contribution < 1.29 is 0 Å². The van der Waals surface area contributed by atoms with E-state index in [1.54, 1.807) is 0 Å². The molecule has 0 radical (unpaired) electrons.